The molecule has 0 saturated carbocycles. The molecule has 1 aliphatic heterocycles. The highest BCUT2D eigenvalue weighted by Crippen LogP contribution is 2.30. The van der Waals surface area contributed by atoms with E-state index in [-0.39, 0.29) is 19.2 Å². The number of hydrogen-bond donors (Lipinski definition) is 1. The van der Waals surface area contributed by atoms with Gasteiger partial charge in [-0.2, -0.15) is 13.2 Å². The Balaban J connectivity index is 2.10. The summed E-state index contributed by atoms with van der Waals surface area (Å²) in [6.07, 6.45) is -3.46. The van der Waals surface area contributed by atoms with Gasteiger partial charge in [-0.1, -0.05) is 12.1 Å². The third-order valence-corrected chi connectivity index (χ3v) is 3.42. The number of alkyl halides is 3. The van der Waals surface area contributed by atoms with Crippen molar-refractivity contribution in [3.8, 4) is 0 Å². The Labute approximate surface area is 120 Å². The SMILES string of the molecule is NCCCC1COC(=O)N1Cc1cccc(C(F)(F)F)c1. The van der Waals surface area contributed by atoms with Crippen molar-refractivity contribution >= 4 is 6.09 Å². The molecule has 7 heteroatoms. The Morgan fingerprint density at radius 3 is 2.81 bits per heavy atom. The first-order chi connectivity index (χ1) is 9.91. The topological polar surface area (TPSA) is 55.6 Å². The Morgan fingerprint density at radius 1 is 1.38 bits per heavy atom. The number of benzene rings is 1. The van der Waals surface area contributed by atoms with Crippen LogP contribution in [0.25, 0.3) is 0 Å². The summed E-state index contributed by atoms with van der Waals surface area (Å²) in [7, 11) is 0. The molecule has 0 spiro atoms. The Hall–Kier alpha value is -1.76. The maximum Gasteiger partial charge on any atom is 0.416 e. The van der Waals surface area contributed by atoms with Crippen LogP contribution in [0, 0.1) is 0 Å². The van der Waals surface area contributed by atoms with Crippen LogP contribution in [0.2, 0.25) is 0 Å². The largest absolute Gasteiger partial charge is 0.447 e. The number of hydrogen-bond acceptors (Lipinski definition) is 3. The minimum absolute atomic E-state index is 0.109. The lowest BCUT2D eigenvalue weighted by molar-refractivity contribution is -0.137. The molecule has 1 saturated heterocycles. The number of rotatable bonds is 5. The van der Waals surface area contributed by atoms with Crippen molar-refractivity contribution in [2.75, 3.05) is 13.2 Å². The van der Waals surface area contributed by atoms with Gasteiger partial charge in [-0.3, -0.25) is 4.90 Å². The van der Waals surface area contributed by atoms with Gasteiger partial charge in [0.25, 0.3) is 0 Å². The molecule has 1 aromatic carbocycles. The summed E-state index contributed by atoms with van der Waals surface area (Å²) < 4.78 is 43.0. The molecule has 4 nitrogen and oxygen atoms in total. The van der Waals surface area contributed by atoms with Crippen LogP contribution in [0.3, 0.4) is 0 Å². The van der Waals surface area contributed by atoms with E-state index in [1.165, 1.54) is 11.0 Å². The zero-order valence-electron chi connectivity index (χ0n) is 11.4. The monoisotopic (exact) mass is 302 g/mol. The molecule has 2 N–H and O–H groups in total. The highest BCUT2D eigenvalue weighted by atomic mass is 19.4. The van der Waals surface area contributed by atoms with Gasteiger partial charge in [0.05, 0.1) is 11.6 Å². The van der Waals surface area contributed by atoms with E-state index in [0.717, 1.165) is 18.6 Å². The fraction of sp³-hybridized carbons (Fsp3) is 0.500. The second-order valence-corrected chi connectivity index (χ2v) is 4.99. The molecule has 116 valence electrons. The average Bonchev–Trinajstić information content (AvgIpc) is 2.77. The second kappa shape index (κ2) is 6.34. The Bertz CT molecular complexity index is 505. The molecule has 21 heavy (non-hydrogen) atoms. The first-order valence-corrected chi connectivity index (χ1v) is 6.71. The third-order valence-electron chi connectivity index (χ3n) is 3.42. The van der Waals surface area contributed by atoms with E-state index in [4.69, 9.17) is 10.5 Å². The van der Waals surface area contributed by atoms with Crippen molar-refractivity contribution in [2.45, 2.75) is 31.6 Å². The van der Waals surface area contributed by atoms with Gasteiger partial charge in [0.1, 0.15) is 6.61 Å². The van der Waals surface area contributed by atoms with E-state index in [0.29, 0.717) is 18.5 Å². The van der Waals surface area contributed by atoms with E-state index in [1.54, 1.807) is 6.07 Å². The molecule has 1 aliphatic rings. The van der Waals surface area contributed by atoms with Gasteiger partial charge >= 0.3 is 12.3 Å². The number of carbonyl (C=O) groups is 1. The van der Waals surface area contributed by atoms with Gasteiger partial charge < -0.3 is 10.5 Å². The number of ether oxygens (including phenoxy) is 1. The van der Waals surface area contributed by atoms with Crippen molar-refractivity contribution in [1.29, 1.82) is 0 Å². The summed E-state index contributed by atoms with van der Waals surface area (Å²) in [5, 5.41) is 0. The molecule has 0 aromatic heterocycles. The van der Waals surface area contributed by atoms with E-state index in [9.17, 15) is 18.0 Å². The molecular weight excluding hydrogens is 285 g/mol. The van der Waals surface area contributed by atoms with Gasteiger partial charge in [0.2, 0.25) is 0 Å². The molecule has 0 radical (unpaired) electrons. The van der Waals surface area contributed by atoms with Crippen LogP contribution in [0.5, 0.6) is 0 Å². The van der Waals surface area contributed by atoms with E-state index in [1.807, 2.05) is 0 Å². The summed E-state index contributed by atoms with van der Waals surface area (Å²) >= 11 is 0. The lowest BCUT2D eigenvalue weighted by Gasteiger charge is -2.21. The molecule has 1 atom stereocenters. The van der Waals surface area contributed by atoms with Crippen LogP contribution in [0.15, 0.2) is 24.3 Å². The molecule has 1 heterocycles. The number of nitrogens with zero attached hydrogens (tertiary/aromatic N) is 1. The lowest BCUT2D eigenvalue weighted by Crippen LogP contribution is -2.33. The van der Waals surface area contributed by atoms with E-state index in [2.05, 4.69) is 0 Å². The van der Waals surface area contributed by atoms with Crippen LogP contribution in [0.1, 0.15) is 24.0 Å². The predicted molar refractivity (Wildman–Crippen MR) is 70.4 cm³/mol. The average molecular weight is 302 g/mol. The summed E-state index contributed by atoms with van der Waals surface area (Å²) in [4.78, 5) is 13.1. The molecule has 0 bridgehead atoms. The minimum atomic E-state index is -4.39. The molecule has 2 rings (SSSR count). The van der Waals surface area contributed by atoms with Crippen molar-refractivity contribution in [3.05, 3.63) is 35.4 Å². The van der Waals surface area contributed by atoms with Crippen LogP contribution in [-0.4, -0.2) is 30.2 Å². The number of nitrogens with two attached hydrogens (primary N) is 1. The van der Waals surface area contributed by atoms with Gasteiger partial charge in [0, 0.05) is 6.54 Å². The maximum absolute atomic E-state index is 12.7. The van der Waals surface area contributed by atoms with E-state index < -0.39 is 17.8 Å². The molecule has 1 unspecified atom stereocenters. The smallest absolute Gasteiger partial charge is 0.416 e. The van der Waals surface area contributed by atoms with Gasteiger partial charge in [-0.05, 0) is 37.1 Å². The van der Waals surface area contributed by atoms with Crippen LogP contribution in [0.4, 0.5) is 18.0 Å². The fourth-order valence-electron chi connectivity index (χ4n) is 2.32. The zero-order chi connectivity index (χ0) is 15.5. The van der Waals surface area contributed by atoms with Crippen molar-refractivity contribution in [3.63, 3.8) is 0 Å². The van der Waals surface area contributed by atoms with Crippen LogP contribution < -0.4 is 5.73 Å². The predicted octanol–water partition coefficient (Wildman–Crippen LogP) is 2.77. The summed E-state index contributed by atoms with van der Waals surface area (Å²) in [6.45, 7) is 0.873. The molecule has 0 aliphatic carbocycles. The number of amides is 1. The first kappa shape index (κ1) is 15.6. The molecule has 1 aromatic rings. The van der Waals surface area contributed by atoms with Crippen molar-refractivity contribution < 1.29 is 22.7 Å². The molecule has 1 fully saturated rings. The van der Waals surface area contributed by atoms with Gasteiger partial charge in [0.15, 0.2) is 0 Å². The summed E-state index contributed by atoms with van der Waals surface area (Å²) in [6, 6.07) is 4.86. The standard InChI is InChI=1S/C14H17F3N2O2/c15-14(16,17)11-4-1-3-10(7-11)8-19-12(5-2-6-18)9-21-13(19)20/h1,3-4,7,12H,2,5-6,8-9,18H2. The highest BCUT2D eigenvalue weighted by molar-refractivity contribution is 5.70. The zero-order valence-corrected chi connectivity index (χ0v) is 11.4. The van der Waals surface area contributed by atoms with Gasteiger partial charge in [-0.25, -0.2) is 4.79 Å². The Morgan fingerprint density at radius 2 is 2.14 bits per heavy atom. The third kappa shape index (κ3) is 3.87. The Kier molecular flexibility index (Phi) is 4.72. The van der Waals surface area contributed by atoms with Gasteiger partial charge in [-0.15, -0.1) is 0 Å². The normalized spacial score (nSPS) is 19.0. The van der Waals surface area contributed by atoms with E-state index >= 15 is 0 Å². The molecular formula is C14H17F3N2O2. The number of cyclic esters (lactones) is 1. The second-order valence-electron chi connectivity index (χ2n) is 4.99. The van der Waals surface area contributed by atoms with Crippen molar-refractivity contribution in [2.24, 2.45) is 5.73 Å². The van der Waals surface area contributed by atoms with Crippen molar-refractivity contribution in [1.82, 2.24) is 4.90 Å². The maximum atomic E-state index is 12.7. The minimum Gasteiger partial charge on any atom is -0.447 e. The van der Waals surface area contributed by atoms with Crippen LogP contribution >= 0.6 is 0 Å². The molecule has 1 amide bonds. The quantitative estimate of drug-likeness (QED) is 0.910. The first-order valence-electron chi connectivity index (χ1n) is 6.71. The highest BCUT2D eigenvalue weighted by Gasteiger charge is 2.34. The van der Waals surface area contributed by atoms with Crippen LogP contribution in [-0.2, 0) is 17.5 Å². The number of carbonyl (C=O) groups excluding carboxylic acids is 1. The lowest BCUT2D eigenvalue weighted by atomic mass is 10.1. The number of halogens is 3. The summed E-state index contributed by atoms with van der Waals surface area (Å²) in [5.74, 6) is 0. The summed E-state index contributed by atoms with van der Waals surface area (Å²) in [5.41, 5.74) is 5.15. The fourth-order valence-corrected chi connectivity index (χ4v) is 2.32.